The molecule has 0 saturated carbocycles. The van der Waals surface area contributed by atoms with Gasteiger partial charge >= 0.3 is 5.97 Å². The van der Waals surface area contributed by atoms with Crippen LogP contribution >= 0.6 is 11.3 Å². The molecular weight excluding hydrogens is 436 g/mol. The molecule has 164 valence electrons. The van der Waals surface area contributed by atoms with Crippen molar-refractivity contribution in [3.63, 3.8) is 0 Å². The van der Waals surface area contributed by atoms with Crippen LogP contribution in [-0.2, 0) is 20.9 Å². The normalized spacial score (nSPS) is 14.8. The van der Waals surface area contributed by atoms with Crippen molar-refractivity contribution < 1.29 is 33.3 Å². The average molecular weight is 454 g/mol. The van der Waals surface area contributed by atoms with Gasteiger partial charge in [0.15, 0.2) is 27.8 Å². The highest BCUT2D eigenvalue weighted by Gasteiger charge is 2.18. The molecule has 9 nitrogen and oxygen atoms in total. The Balaban J connectivity index is 1.50. The second-order valence-corrected chi connectivity index (χ2v) is 7.92. The van der Waals surface area contributed by atoms with Gasteiger partial charge in [0.1, 0.15) is 19.8 Å². The predicted octanol–water partition coefficient (Wildman–Crippen LogP) is 2.52. The fourth-order valence-electron chi connectivity index (χ4n) is 3.35. The van der Waals surface area contributed by atoms with Crippen molar-refractivity contribution in [3.05, 3.63) is 46.8 Å². The number of amides is 1. The first-order valence-corrected chi connectivity index (χ1v) is 10.6. The van der Waals surface area contributed by atoms with Crippen LogP contribution in [-0.4, -0.2) is 43.6 Å². The van der Waals surface area contributed by atoms with Gasteiger partial charge in [0.05, 0.1) is 17.3 Å². The molecule has 2 aliphatic heterocycles. The van der Waals surface area contributed by atoms with E-state index in [-0.39, 0.29) is 13.3 Å². The number of benzene rings is 2. The van der Waals surface area contributed by atoms with E-state index >= 15 is 0 Å². The summed E-state index contributed by atoms with van der Waals surface area (Å²) in [4.78, 5) is 29.2. The van der Waals surface area contributed by atoms with Crippen LogP contribution in [0.15, 0.2) is 41.4 Å². The molecular formula is C22H18N2O7S. The molecule has 0 radical (unpaired) electrons. The molecule has 0 bridgehead atoms. The third kappa shape index (κ3) is 3.92. The van der Waals surface area contributed by atoms with Crippen LogP contribution in [0.2, 0.25) is 0 Å². The van der Waals surface area contributed by atoms with E-state index in [0.29, 0.717) is 46.5 Å². The molecule has 3 heterocycles. The first-order chi connectivity index (χ1) is 15.6. The van der Waals surface area contributed by atoms with E-state index in [2.05, 4.69) is 4.99 Å². The highest BCUT2D eigenvalue weighted by Crippen LogP contribution is 2.36. The lowest BCUT2D eigenvalue weighted by Gasteiger charge is -2.18. The lowest BCUT2D eigenvalue weighted by atomic mass is 10.2. The van der Waals surface area contributed by atoms with Crippen molar-refractivity contribution in [2.45, 2.75) is 6.54 Å². The zero-order valence-electron chi connectivity index (χ0n) is 17.0. The van der Waals surface area contributed by atoms with Gasteiger partial charge in [-0.1, -0.05) is 17.4 Å². The lowest BCUT2D eigenvalue weighted by Crippen LogP contribution is -2.22. The van der Waals surface area contributed by atoms with Crippen molar-refractivity contribution in [2.75, 3.05) is 27.1 Å². The van der Waals surface area contributed by atoms with Crippen molar-refractivity contribution in [1.82, 2.24) is 4.57 Å². The maximum atomic E-state index is 12.6. The quantitative estimate of drug-likeness (QED) is 0.441. The van der Waals surface area contributed by atoms with E-state index in [1.54, 1.807) is 28.8 Å². The minimum Gasteiger partial charge on any atom is -0.486 e. The Morgan fingerprint density at radius 2 is 1.81 bits per heavy atom. The molecule has 3 aromatic rings. The van der Waals surface area contributed by atoms with Gasteiger partial charge < -0.3 is 28.3 Å². The van der Waals surface area contributed by atoms with E-state index in [1.165, 1.54) is 24.5 Å². The highest BCUT2D eigenvalue weighted by atomic mass is 32.1. The topological polar surface area (TPSA) is 97.6 Å². The summed E-state index contributed by atoms with van der Waals surface area (Å²) in [6, 6.07) is 9.00. The molecule has 1 aromatic heterocycles. The number of thiazole rings is 1. The minimum absolute atomic E-state index is 0.0892. The number of hydrogen-bond donors (Lipinski definition) is 0. The number of aromatic nitrogens is 1. The van der Waals surface area contributed by atoms with Crippen LogP contribution in [0.25, 0.3) is 16.3 Å². The van der Waals surface area contributed by atoms with E-state index in [0.717, 1.165) is 10.3 Å². The maximum Gasteiger partial charge on any atom is 0.325 e. The third-order valence-corrected chi connectivity index (χ3v) is 5.92. The third-order valence-electron chi connectivity index (χ3n) is 4.88. The Morgan fingerprint density at radius 3 is 2.62 bits per heavy atom. The molecule has 5 rings (SSSR count). The van der Waals surface area contributed by atoms with Gasteiger partial charge in [0.2, 0.25) is 6.79 Å². The van der Waals surface area contributed by atoms with Gasteiger partial charge in [0.25, 0.3) is 5.91 Å². The number of carbonyl (C=O) groups is 2. The number of carbonyl (C=O) groups excluding carboxylic acids is 2. The number of hydrogen-bond acceptors (Lipinski definition) is 8. The van der Waals surface area contributed by atoms with Gasteiger partial charge in [-0.3, -0.25) is 9.59 Å². The number of ether oxygens (including phenoxy) is 5. The van der Waals surface area contributed by atoms with Gasteiger partial charge in [-0.05, 0) is 23.8 Å². The smallest absolute Gasteiger partial charge is 0.325 e. The minimum atomic E-state index is -0.467. The SMILES string of the molecule is COC(=O)Cn1c(=NC(=O)C=Cc2ccc3c(c2)OCO3)sc2cc3c(cc21)OCCO3. The van der Waals surface area contributed by atoms with Gasteiger partial charge in [-0.15, -0.1) is 0 Å². The highest BCUT2D eigenvalue weighted by molar-refractivity contribution is 7.16. The monoisotopic (exact) mass is 454 g/mol. The van der Waals surface area contributed by atoms with Crippen LogP contribution in [0.5, 0.6) is 23.0 Å². The van der Waals surface area contributed by atoms with E-state index in [4.69, 9.17) is 23.7 Å². The predicted molar refractivity (Wildman–Crippen MR) is 115 cm³/mol. The molecule has 10 heteroatoms. The molecule has 0 aliphatic carbocycles. The summed E-state index contributed by atoms with van der Waals surface area (Å²) in [6.45, 7) is 1.00. The van der Waals surface area contributed by atoms with Gasteiger partial charge in [-0.25, -0.2) is 0 Å². The van der Waals surface area contributed by atoms with Crippen LogP contribution < -0.4 is 23.7 Å². The van der Waals surface area contributed by atoms with Crippen molar-refractivity contribution in [2.24, 2.45) is 4.99 Å². The number of rotatable bonds is 4. The van der Waals surface area contributed by atoms with E-state index in [1.807, 2.05) is 12.1 Å². The zero-order chi connectivity index (χ0) is 22.1. The zero-order valence-corrected chi connectivity index (χ0v) is 17.8. The lowest BCUT2D eigenvalue weighted by molar-refractivity contribution is -0.141. The number of fused-ring (bicyclic) bond motifs is 3. The average Bonchev–Trinajstić information content (AvgIpc) is 3.40. The molecule has 0 atom stereocenters. The summed E-state index contributed by atoms with van der Waals surface area (Å²) in [5.74, 6) is 1.58. The van der Waals surface area contributed by atoms with Gasteiger partial charge in [0, 0.05) is 18.2 Å². The van der Waals surface area contributed by atoms with E-state index in [9.17, 15) is 9.59 Å². The summed E-state index contributed by atoms with van der Waals surface area (Å²) >= 11 is 1.28. The Hall–Kier alpha value is -3.79. The van der Waals surface area contributed by atoms with Crippen LogP contribution in [0.4, 0.5) is 0 Å². The molecule has 0 spiro atoms. The van der Waals surface area contributed by atoms with Gasteiger partial charge in [-0.2, -0.15) is 4.99 Å². The van der Waals surface area contributed by atoms with Crippen molar-refractivity contribution >= 4 is 39.5 Å². The molecule has 1 amide bonds. The van der Waals surface area contributed by atoms with Crippen LogP contribution in [0.3, 0.4) is 0 Å². The number of methoxy groups -OCH3 is 1. The number of nitrogens with zero attached hydrogens (tertiary/aromatic N) is 2. The molecule has 0 N–H and O–H groups in total. The fraction of sp³-hybridized carbons (Fsp3) is 0.227. The second-order valence-electron chi connectivity index (χ2n) is 6.91. The summed E-state index contributed by atoms with van der Waals surface area (Å²) in [5, 5.41) is 0. The van der Waals surface area contributed by atoms with Crippen molar-refractivity contribution in [3.8, 4) is 23.0 Å². The second kappa shape index (κ2) is 8.39. The molecule has 2 aliphatic rings. The standard InChI is InChI=1S/C22H18N2O7S/c1-27-21(26)11-24-14-9-17-18(29-7-6-28-17)10-19(14)32-22(24)23-20(25)5-3-13-2-4-15-16(8-13)31-12-30-15/h2-5,8-10H,6-7,11-12H2,1H3. The molecule has 32 heavy (non-hydrogen) atoms. The Labute approximate surface area is 186 Å². The van der Waals surface area contributed by atoms with Crippen LogP contribution in [0, 0.1) is 0 Å². The maximum absolute atomic E-state index is 12.6. The Kier molecular flexibility index (Phi) is 5.28. The summed E-state index contributed by atoms with van der Waals surface area (Å²) in [7, 11) is 1.31. The molecule has 0 saturated heterocycles. The Bertz CT molecular complexity index is 1320. The summed E-state index contributed by atoms with van der Waals surface area (Å²) < 4.78 is 29.2. The first-order valence-electron chi connectivity index (χ1n) is 9.77. The first kappa shape index (κ1) is 20.1. The summed E-state index contributed by atoms with van der Waals surface area (Å²) in [5.41, 5.74) is 1.48. The fourth-order valence-corrected chi connectivity index (χ4v) is 4.40. The molecule has 0 unspecified atom stereocenters. The molecule has 2 aromatic carbocycles. The number of esters is 1. The molecule has 0 fully saturated rings. The van der Waals surface area contributed by atoms with Crippen LogP contribution in [0.1, 0.15) is 5.56 Å². The largest absolute Gasteiger partial charge is 0.486 e. The summed E-state index contributed by atoms with van der Waals surface area (Å²) in [6.07, 6.45) is 3.01. The van der Waals surface area contributed by atoms with E-state index < -0.39 is 11.9 Å². The van der Waals surface area contributed by atoms with Crippen molar-refractivity contribution in [1.29, 1.82) is 0 Å². The Morgan fingerprint density at radius 1 is 1.06 bits per heavy atom.